The summed E-state index contributed by atoms with van der Waals surface area (Å²) in [6.45, 7) is 2.28. The summed E-state index contributed by atoms with van der Waals surface area (Å²) in [5.74, 6) is -0.263. The Labute approximate surface area is 144 Å². The highest BCUT2D eigenvalue weighted by Crippen LogP contribution is 2.29. The van der Waals surface area contributed by atoms with Crippen molar-refractivity contribution in [2.24, 2.45) is 0 Å². The summed E-state index contributed by atoms with van der Waals surface area (Å²) in [6, 6.07) is 3.69. The van der Waals surface area contributed by atoms with Crippen LogP contribution in [0.25, 0.3) is 0 Å². The van der Waals surface area contributed by atoms with E-state index < -0.39 is 14.8 Å². The largest absolute Gasteiger partial charge is 0.361 e. The number of nitrogens with zero attached hydrogens (tertiary/aromatic N) is 2. The Morgan fingerprint density at radius 2 is 2.21 bits per heavy atom. The van der Waals surface area contributed by atoms with Gasteiger partial charge >= 0.3 is 0 Å². The highest BCUT2D eigenvalue weighted by molar-refractivity contribution is 7.91. The maximum Gasteiger partial charge on any atom is 0.271 e. The molecule has 132 valence electrons. The lowest BCUT2D eigenvalue weighted by atomic mass is 10.2. The van der Waals surface area contributed by atoms with Gasteiger partial charge in [0.05, 0.1) is 33.7 Å². The zero-order valence-electron chi connectivity index (χ0n) is 13.1. The second-order valence-electron chi connectivity index (χ2n) is 5.57. The summed E-state index contributed by atoms with van der Waals surface area (Å²) in [5, 5.41) is 13.6. The lowest BCUT2D eigenvalue weighted by molar-refractivity contribution is -0.384. The van der Waals surface area contributed by atoms with E-state index in [1.54, 1.807) is 4.90 Å². The molecule has 24 heavy (non-hydrogen) atoms. The Kier molecular flexibility index (Phi) is 5.66. The number of rotatable bonds is 6. The molecule has 0 bridgehead atoms. The van der Waals surface area contributed by atoms with Crippen molar-refractivity contribution in [3.8, 4) is 0 Å². The minimum absolute atomic E-state index is 0.00935. The lowest BCUT2D eigenvalue weighted by Crippen LogP contribution is -2.42. The second kappa shape index (κ2) is 7.35. The molecule has 0 radical (unpaired) electrons. The number of anilines is 1. The quantitative estimate of drug-likeness (QED) is 0.594. The van der Waals surface area contributed by atoms with Crippen LogP contribution in [0.5, 0.6) is 0 Å². The van der Waals surface area contributed by atoms with Crippen LogP contribution in [0.3, 0.4) is 0 Å². The van der Waals surface area contributed by atoms with Gasteiger partial charge in [0.2, 0.25) is 5.91 Å². The number of benzene rings is 1. The Balaban J connectivity index is 2.04. The first kappa shape index (κ1) is 18.5. The summed E-state index contributed by atoms with van der Waals surface area (Å²) in [6.07, 6.45) is 0.415. The maximum atomic E-state index is 12.1. The Morgan fingerprint density at radius 1 is 1.50 bits per heavy atom. The van der Waals surface area contributed by atoms with Crippen LogP contribution >= 0.6 is 11.6 Å². The summed E-state index contributed by atoms with van der Waals surface area (Å²) >= 11 is 6.08. The summed E-state index contributed by atoms with van der Waals surface area (Å²) in [7, 11) is -3.06. The zero-order chi connectivity index (χ0) is 17.9. The van der Waals surface area contributed by atoms with Crippen LogP contribution in [0.2, 0.25) is 5.02 Å². The molecule has 8 nitrogen and oxygen atoms in total. The predicted molar refractivity (Wildman–Crippen MR) is 91.2 cm³/mol. The molecule has 1 fully saturated rings. The van der Waals surface area contributed by atoms with Crippen LogP contribution < -0.4 is 10.2 Å². The third kappa shape index (κ3) is 4.57. The molecule has 1 aliphatic heterocycles. The van der Waals surface area contributed by atoms with E-state index in [1.165, 1.54) is 18.2 Å². The molecule has 0 aromatic heterocycles. The van der Waals surface area contributed by atoms with Crippen molar-refractivity contribution in [3.05, 3.63) is 33.3 Å². The van der Waals surface area contributed by atoms with Crippen molar-refractivity contribution in [2.45, 2.75) is 19.4 Å². The Morgan fingerprint density at radius 3 is 2.71 bits per heavy atom. The van der Waals surface area contributed by atoms with Gasteiger partial charge in [-0.1, -0.05) is 11.6 Å². The number of likely N-dealkylation sites (N-methyl/N-ethyl adjacent to an activating group) is 1. The first-order chi connectivity index (χ1) is 11.2. The van der Waals surface area contributed by atoms with Gasteiger partial charge in [-0.25, -0.2) is 8.42 Å². The number of non-ortho nitro benzene ring substituents is 1. The number of carbonyl (C=O) groups excluding carboxylic acids is 1. The van der Waals surface area contributed by atoms with E-state index in [0.717, 1.165) is 0 Å². The van der Waals surface area contributed by atoms with Crippen LogP contribution in [-0.2, 0) is 14.6 Å². The minimum Gasteiger partial charge on any atom is -0.361 e. The van der Waals surface area contributed by atoms with E-state index in [1.807, 2.05) is 6.92 Å². The number of nitro benzene ring substituents is 1. The number of hydrogen-bond acceptors (Lipinski definition) is 6. The molecule has 0 spiro atoms. The van der Waals surface area contributed by atoms with Crippen molar-refractivity contribution < 1.29 is 18.1 Å². The van der Waals surface area contributed by atoms with Crippen molar-refractivity contribution in [3.63, 3.8) is 0 Å². The van der Waals surface area contributed by atoms with Gasteiger partial charge in [0.25, 0.3) is 5.69 Å². The van der Waals surface area contributed by atoms with Crippen LogP contribution in [0.4, 0.5) is 11.4 Å². The van der Waals surface area contributed by atoms with Crippen LogP contribution in [0.1, 0.15) is 13.3 Å². The van der Waals surface area contributed by atoms with Crippen molar-refractivity contribution in [1.29, 1.82) is 0 Å². The van der Waals surface area contributed by atoms with Gasteiger partial charge in [0.15, 0.2) is 9.84 Å². The van der Waals surface area contributed by atoms with Gasteiger partial charge in [-0.15, -0.1) is 0 Å². The molecular formula is C14H18ClN3O5S. The van der Waals surface area contributed by atoms with Gasteiger partial charge in [-0.05, 0) is 19.4 Å². The van der Waals surface area contributed by atoms with E-state index in [9.17, 15) is 23.3 Å². The number of halogens is 1. The van der Waals surface area contributed by atoms with Crippen molar-refractivity contribution in [2.75, 3.05) is 29.5 Å². The van der Waals surface area contributed by atoms with Gasteiger partial charge in [-0.3, -0.25) is 14.9 Å². The number of hydrogen-bond donors (Lipinski definition) is 1. The number of nitrogens with one attached hydrogen (secondary N) is 1. The molecule has 1 heterocycles. The summed E-state index contributed by atoms with van der Waals surface area (Å²) < 4.78 is 22.8. The second-order valence-corrected chi connectivity index (χ2v) is 8.21. The van der Waals surface area contributed by atoms with Gasteiger partial charge < -0.3 is 10.2 Å². The smallest absolute Gasteiger partial charge is 0.271 e. The van der Waals surface area contributed by atoms with E-state index in [4.69, 9.17) is 11.6 Å². The Bertz CT molecular complexity index is 753. The van der Waals surface area contributed by atoms with E-state index in [2.05, 4.69) is 5.32 Å². The van der Waals surface area contributed by atoms with Gasteiger partial charge in [0, 0.05) is 24.7 Å². The number of nitro groups is 1. The third-order valence-corrected chi connectivity index (χ3v) is 5.87. The monoisotopic (exact) mass is 375 g/mol. The summed E-state index contributed by atoms with van der Waals surface area (Å²) in [4.78, 5) is 24.0. The predicted octanol–water partition coefficient (Wildman–Crippen LogP) is 1.38. The minimum atomic E-state index is -3.06. The highest BCUT2D eigenvalue weighted by atomic mass is 35.5. The maximum absolute atomic E-state index is 12.1. The van der Waals surface area contributed by atoms with Crippen molar-refractivity contribution >= 4 is 38.7 Å². The molecule has 1 aliphatic rings. The molecule has 1 atom stereocenters. The summed E-state index contributed by atoms with van der Waals surface area (Å²) in [5.41, 5.74) is 0.388. The molecule has 1 saturated heterocycles. The SMILES string of the molecule is CCN(CC(=O)N[C@@H]1CCS(=O)(=O)C1)c1ccc([N+](=O)[O-])cc1Cl. The fourth-order valence-corrected chi connectivity index (χ4v) is 4.56. The van der Waals surface area contributed by atoms with E-state index in [0.29, 0.717) is 18.7 Å². The molecule has 0 aliphatic carbocycles. The fraction of sp³-hybridized carbons (Fsp3) is 0.500. The average Bonchev–Trinajstić information content (AvgIpc) is 2.83. The van der Waals surface area contributed by atoms with Gasteiger partial charge in [-0.2, -0.15) is 0 Å². The van der Waals surface area contributed by atoms with Gasteiger partial charge in [0.1, 0.15) is 0 Å². The molecule has 10 heteroatoms. The highest BCUT2D eigenvalue weighted by Gasteiger charge is 2.29. The molecule has 0 unspecified atom stereocenters. The average molecular weight is 376 g/mol. The zero-order valence-corrected chi connectivity index (χ0v) is 14.6. The normalized spacial score (nSPS) is 19.0. The molecule has 0 saturated carbocycles. The van der Waals surface area contributed by atoms with Crippen LogP contribution in [0.15, 0.2) is 18.2 Å². The third-order valence-electron chi connectivity index (χ3n) is 3.80. The molecule has 1 aromatic carbocycles. The lowest BCUT2D eigenvalue weighted by Gasteiger charge is -2.24. The van der Waals surface area contributed by atoms with Crippen LogP contribution in [-0.4, -0.2) is 49.9 Å². The first-order valence-electron chi connectivity index (χ1n) is 7.40. The molecule has 1 amide bonds. The first-order valence-corrected chi connectivity index (χ1v) is 9.60. The number of amides is 1. The molecule has 1 aromatic rings. The van der Waals surface area contributed by atoms with Crippen molar-refractivity contribution in [1.82, 2.24) is 5.32 Å². The Hall–Kier alpha value is -1.87. The molecular weight excluding hydrogens is 358 g/mol. The number of carbonyl (C=O) groups is 1. The molecule has 2 rings (SSSR count). The van der Waals surface area contributed by atoms with E-state index >= 15 is 0 Å². The topological polar surface area (TPSA) is 110 Å². The standard InChI is InChI=1S/C14H18ClN3O5S/c1-2-17(13-4-3-11(18(20)21)7-12(13)15)8-14(19)16-10-5-6-24(22,23)9-10/h3-4,7,10H,2,5-6,8-9H2,1H3,(H,16,19)/t10-/m1/s1. The fourth-order valence-electron chi connectivity index (χ4n) is 2.59. The van der Waals surface area contributed by atoms with Crippen LogP contribution in [0, 0.1) is 10.1 Å². The number of sulfone groups is 1. The molecule has 1 N–H and O–H groups in total. The van der Waals surface area contributed by atoms with E-state index in [-0.39, 0.29) is 40.7 Å².